The first-order valence-electron chi connectivity index (χ1n) is 8.85. The molecule has 0 aliphatic heterocycles. The summed E-state index contributed by atoms with van der Waals surface area (Å²) in [6, 6.07) is 15.7. The number of hydrogen-bond acceptors (Lipinski definition) is 3. The van der Waals surface area contributed by atoms with Crippen molar-refractivity contribution in [3.8, 4) is 0 Å². The molecule has 1 heterocycles. The minimum atomic E-state index is -0.101. The molecule has 5 nitrogen and oxygen atoms in total. The minimum absolute atomic E-state index is 0.0501. The van der Waals surface area contributed by atoms with Gasteiger partial charge in [-0.3, -0.25) is 14.3 Å². The number of aryl methyl sites for hydroxylation is 2. The average Bonchev–Trinajstić information content (AvgIpc) is 2.68. The number of benzene rings is 2. The van der Waals surface area contributed by atoms with Crippen LogP contribution in [-0.4, -0.2) is 27.6 Å². The molecule has 0 saturated heterocycles. The number of nitrogens with zero attached hydrogens (tertiary/aromatic N) is 3. The van der Waals surface area contributed by atoms with Gasteiger partial charge in [0.25, 0.3) is 0 Å². The van der Waals surface area contributed by atoms with E-state index in [1.54, 1.807) is 15.6 Å². The lowest BCUT2D eigenvalue weighted by Crippen LogP contribution is -2.27. The summed E-state index contributed by atoms with van der Waals surface area (Å²) in [5, 5.41) is 4.80. The van der Waals surface area contributed by atoms with Gasteiger partial charge >= 0.3 is 0 Å². The zero-order valence-electron chi connectivity index (χ0n) is 15.2. The Morgan fingerprint density at radius 2 is 1.77 bits per heavy atom. The van der Waals surface area contributed by atoms with Crippen LogP contribution >= 0.6 is 0 Å². The Bertz CT molecular complexity index is 961. The van der Waals surface area contributed by atoms with Gasteiger partial charge in [-0.15, -0.1) is 0 Å². The van der Waals surface area contributed by atoms with Gasteiger partial charge in [0, 0.05) is 25.4 Å². The molecule has 1 amide bonds. The van der Waals surface area contributed by atoms with Crippen molar-refractivity contribution in [1.82, 2.24) is 14.7 Å². The van der Waals surface area contributed by atoms with Gasteiger partial charge in [0.05, 0.1) is 18.3 Å². The van der Waals surface area contributed by atoms with E-state index in [1.165, 1.54) is 11.8 Å². The normalized spacial score (nSPS) is 10.8. The number of hydrogen-bond donors (Lipinski definition) is 0. The van der Waals surface area contributed by atoms with Crippen LogP contribution in [-0.2, 0) is 24.3 Å². The number of rotatable bonds is 6. The van der Waals surface area contributed by atoms with Crippen LogP contribution in [0.3, 0.4) is 0 Å². The molecule has 26 heavy (non-hydrogen) atoms. The molecule has 0 aliphatic carbocycles. The van der Waals surface area contributed by atoms with Crippen molar-refractivity contribution in [2.45, 2.75) is 32.9 Å². The van der Waals surface area contributed by atoms with E-state index in [2.05, 4.69) is 36.3 Å². The lowest BCUT2D eigenvalue weighted by molar-refractivity contribution is -0.130. The largest absolute Gasteiger partial charge is 0.341 e. The second-order valence-electron chi connectivity index (χ2n) is 6.42. The quantitative estimate of drug-likeness (QED) is 0.687. The average molecular weight is 349 g/mol. The van der Waals surface area contributed by atoms with Gasteiger partial charge in [0.15, 0.2) is 0 Å². The molecule has 5 heteroatoms. The second kappa shape index (κ2) is 7.95. The number of aromatic nitrogens is 2. The van der Waals surface area contributed by atoms with Crippen molar-refractivity contribution >= 4 is 16.8 Å². The number of carbonyl (C=O) groups excluding carboxylic acids is 1. The smallest absolute Gasteiger partial charge is 0.224 e. The highest BCUT2D eigenvalue weighted by atomic mass is 16.2. The van der Waals surface area contributed by atoms with Gasteiger partial charge in [-0.25, -0.2) is 0 Å². The second-order valence-corrected chi connectivity index (χ2v) is 6.42. The molecule has 3 aromatic rings. The molecule has 2 aromatic carbocycles. The third-order valence-corrected chi connectivity index (χ3v) is 4.58. The summed E-state index contributed by atoms with van der Waals surface area (Å²) in [5.74, 6) is 0.0501. The number of amides is 1. The molecule has 0 spiro atoms. The molecule has 0 bridgehead atoms. The van der Waals surface area contributed by atoms with Crippen molar-refractivity contribution in [3.63, 3.8) is 0 Å². The molecule has 1 aromatic heterocycles. The Kier molecular flexibility index (Phi) is 5.46. The van der Waals surface area contributed by atoms with Crippen LogP contribution in [0.5, 0.6) is 0 Å². The highest BCUT2D eigenvalue weighted by molar-refractivity contribution is 5.79. The van der Waals surface area contributed by atoms with Crippen LogP contribution in [0.4, 0.5) is 0 Å². The van der Waals surface area contributed by atoms with Crippen LogP contribution in [0.15, 0.2) is 59.5 Å². The van der Waals surface area contributed by atoms with E-state index in [0.29, 0.717) is 24.9 Å². The maximum Gasteiger partial charge on any atom is 0.224 e. The highest BCUT2D eigenvalue weighted by Crippen LogP contribution is 2.10. The molecule has 3 rings (SSSR count). The van der Waals surface area contributed by atoms with E-state index in [1.807, 2.05) is 25.2 Å². The number of fused-ring (bicyclic) bond motifs is 1. The summed E-state index contributed by atoms with van der Waals surface area (Å²) in [6.45, 7) is 3.15. The fourth-order valence-corrected chi connectivity index (χ4v) is 2.97. The Balaban J connectivity index is 1.65. The molecular formula is C21H23N3O2. The lowest BCUT2D eigenvalue weighted by atomic mass is 10.1. The van der Waals surface area contributed by atoms with Gasteiger partial charge in [-0.2, -0.15) is 5.10 Å². The summed E-state index contributed by atoms with van der Waals surface area (Å²) in [6.07, 6.45) is 2.66. The Morgan fingerprint density at radius 3 is 2.50 bits per heavy atom. The zero-order chi connectivity index (χ0) is 18.5. The zero-order valence-corrected chi connectivity index (χ0v) is 15.2. The first kappa shape index (κ1) is 17.9. The van der Waals surface area contributed by atoms with Crippen molar-refractivity contribution < 1.29 is 4.79 Å². The van der Waals surface area contributed by atoms with E-state index in [0.717, 1.165) is 17.5 Å². The number of para-hydroxylation sites is 1. The van der Waals surface area contributed by atoms with Gasteiger partial charge < -0.3 is 4.90 Å². The Hall–Kier alpha value is -2.95. The molecule has 0 fully saturated rings. The molecular weight excluding hydrogens is 326 g/mol. The molecule has 0 atom stereocenters. The predicted molar refractivity (Wildman–Crippen MR) is 103 cm³/mol. The first-order valence-corrected chi connectivity index (χ1v) is 8.85. The van der Waals surface area contributed by atoms with E-state index < -0.39 is 0 Å². The lowest BCUT2D eigenvalue weighted by Gasteiger charge is -2.18. The minimum Gasteiger partial charge on any atom is -0.341 e. The fraction of sp³-hybridized carbons (Fsp3) is 0.286. The van der Waals surface area contributed by atoms with Crippen LogP contribution < -0.4 is 5.43 Å². The highest BCUT2D eigenvalue weighted by Gasteiger charge is 2.11. The van der Waals surface area contributed by atoms with Crippen molar-refractivity contribution in [1.29, 1.82) is 0 Å². The summed E-state index contributed by atoms with van der Waals surface area (Å²) in [4.78, 5) is 26.1. The summed E-state index contributed by atoms with van der Waals surface area (Å²) in [5.41, 5.74) is 3.06. The SMILES string of the molecule is CCc1ccc(CN(C)C(=O)CCn2ncc(=O)c3ccccc32)cc1. The first-order chi connectivity index (χ1) is 12.6. The summed E-state index contributed by atoms with van der Waals surface area (Å²) < 4.78 is 1.72. The molecule has 0 saturated carbocycles. The van der Waals surface area contributed by atoms with E-state index in [4.69, 9.17) is 0 Å². The standard InChI is InChI=1S/C21H23N3O2/c1-3-16-8-10-17(11-9-16)15-23(2)21(26)12-13-24-19-7-5-4-6-18(19)20(25)14-22-24/h4-11,14H,3,12-13,15H2,1-2H3. The third kappa shape index (κ3) is 3.99. The maximum atomic E-state index is 12.5. The summed E-state index contributed by atoms with van der Waals surface area (Å²) >= 11 is 0. The van der Waals surface area contributed by atoms with Gasteiger partial charge in [-0.1, -0.05) is 43.3 Å². The van der Waals surface area contributed by atoms with E-state index in [9.17, 15) is 9.59 Å². The van der Waals surface area contributed by atoms with Gasteiger partial charge in [-0.05, 0) is 29.7 Å². The number of carbonyl (C=O) groups is 1. The van der Waals surface area contributed by atoms with Crippen LogP contribution in [0.1, 0.15) is 24.5 Å². The predicted octanol–water partition coefficient (Wildman–Crippen LogP) is 3.01. The molecule has 0 unspecified atom stereocenters. The summed E-state index contributed by atoms with van der Waals surface area (Å²) in [7, 11) is 1.81. The molecule has 134 valence electrons. The van der Waals surface area contributed by atoms with Crippen LogP contribution in [0, 0.1) is 0 Å². The Morgan fingerprint density at radius 1 is 1.08 bits per heavy atom. The van der Waals surface area contributed by atoms with E-state index >= 15 is 0 Å². The fourth-order valence-electron chi connectivity index (χ4n) is 2.97. The third-order valence-electron chi connectivity index (χ3n) is 4.58. The van der Waals surface area contributed by atoms with Crippen LogP contribution in [0.25, 0.3) is 10.9 Å². The van der Waals surface area contributed by atoms with E-state index in [-0.39, 0.29) is 11.3 Å². The van der Waals surface area contributed by atoms with Crippen LogP contribution in [0.2, 0.25) is 0 Å². The molecule has 0 aliphatic rings. The van der Waals surface area contributed by atoms with Gasteiger partial charge in [0.1, 0.15) is 0 Å². The topological polar surface area (TPSA) is 55.2 Å². The Labute approximate surface area is 152 Å². The monoisotopic (exact) mass is 349 g/mol. The molecule has 0 radical (unpaired) electrons. The maximum absolute atomic E-state index is 12.5. The van der Waals surface area contributed by atoms with Crippen molar-refractivity contribution in [2.24, 2.45) is 0 Å². The molecule has 0 N–H and O–H groups in total. The van der Waals surface area contributed by atoms with Crippen molar-refractivity contribution in [3.05, 3.63) is 76.1 Å². The van der Waals surface area contributed by atoms with Crippen molar-refractivity contribution in [2.75, 3.05) is 7.05 Å². The van der Waals surface area contributed by atoms with Gasteiger partial charge in [0.2, 0.25) is 11.3 Å².